The van der Waals surface area contributed by atoms with Crippen LogP contribution >= 0.6 is 0 Å². The third kappa shape index (κ3) is 4.28. The Morgan fingerprint density at radius 3 is 2.68 bits per heavy atom. The van der Waals surface area contributed by atoms with Crippen LogP contribution in [0.2, 0.25) is 0 Å². The van der Waals surface area contributed by atoms with Crippen molar-refractivity contribution in [1.29, 1.82) is 0 Å². The van der Waals surface area contributed by atoms with Crippen molar-refractivity contribution in [3.05, 3.63) is 95.4 Å². The second kappa shape index (κ2) is 8.86. The minimum Gasteiger partial charge on any atom is -0.339 e. The number of hydrogen-bond acceptors (Lipinski definition) is 6. The number of benzene rings is 2. The number of ketones is 1. The van der Waals surface area contributed by atoms with Crippen LogP contribution in [0.1, 0.15) is 27.0 Å². The fourth-order valence-corrected chi connectivity index (χ4v) is 3.89. The van der Waals surface area contributed by atoms with Crippen molar-refractivity contribution in [3.63, 3.8) is 0 Å². The van der Waals surface area contributed by atoms with E-state index in [0.29, 0.717) is 18.1 Å². The number of Topliss-reactive ketones (excluding diaryl/α,β-unsaturated/α-hetero) is 1. The molecule has 0 aliphatic heterocycles. The second-order valence-corrected chi connectivity index (χ2v) is 8.39. The number of nitrogens with one attached hydrogen (secondary N) is 1. The Morgan fingerprint density at radius 2 is 1.88 bits per heavy atom. The molecule has 0 atom stereocenters. The predicted octanol–water partition coefficient (Wildman–Crippen LogP) is 5.21. The van der Waals surface area contributed by atoms with E-state index in [2.05, 4.69) is 15.4 Å². The van der Waals surface area contributed by atoms with Crippen molar-refractivity contribution >= 4 is 28.3 Å². The summed E-state index contributed by atoms with van der Waals surface area (Å²) in [7, 11) is 1.86. The van der Waals surface area contributed by atoms with Crippen LogP contribution in [0.15, 0.2) is 73.2 Å². The standard InChI is InChI=1S/C27H24N6O/c1-17-6-4-7-20(12-17)24(34)14-19-10-9-18(2)23(13-19)30-26-22-16-29-33(3)27(22)32-25(31-26)21-8-5-11-28-15-21/h4-13,15-16H,14H2,1-3H3,(H,30,31,32). The molecule has 7 nitrogen and oxygen atoms in total. The Balaban J connectivity index is 1.50. The number of carbonyl (C=O) groups excluding carboxylic acids is 1. The Morgan fingerprint density at radius 1 is 1.00 bits per heavy atom. The lowest BCUT2D eigenvalue weighted by Crippen LogP contribution is -2.05. The molecule has 3 heterocycles. The zero-order chi connectivity index (χ0) is 23.7. The zero-order valence-corrected chi connectivity index (χ0v) is 19.3. The Bertz CT molecular complexity index is 1510. The molecule has 0 fully saturated rings. The average Bonchev–Trinajstić information content (AvgIpc) is 3.22. The summed E-state index contributed by atoms with van der Waals surface area (Å²) in [6.07, 6.45) is 5.54. The van der Waals surface area contributed by atoms with Gasteiger partial charge in [0.25, 0.3) is 0 Å². The molecule has 5 rings (SSSR count). The van der Waals surface area contributed by atoms with Gasteiger partial charge in [-0.1, -0.05) is 35.9 Å². The third-order valence-corrected chi connectivity index (χ3v) is 5.77. The maximum absolute atomic E-state index is 12.8. The van der Waals surface area contributed by atoms with Crippen molar-refractivity contribution in [2.75, 3.05) is 5.32 Å². The molecule has 0 saturated heterocycles. The summed E-state index contributed by atoms with van der Waals surface area (Å²) in [5, 5.41) is 8.65. The Labute approximate surface area is 197 Å². The molecule has 5 aromatic rings. The molecular weight excluding hydrogens is 424 g/mol. The first-order chi connectivity index (χ1) is 16.5. The summed E-state index contributed by atoms with van der Waals surface area (Å²) in [6.45, 7) is 4.02. The summed E-state index contributed by atoms with van der Waals surface area (Å²) in [5.41, 5.74) is 6.21. The minimum atomic E-state index is 0.0917. The summed E-state index contributed by atoms with van der Waals surface area (Å²) in [6, 6.07) is 17.5. The smallest absolute Gasteiger partial charge is 0.167 e. The molecule has 0 aliphatic carbocycles. The largest absolute Gasteiger partial charge is 0.339 e. The van der Waals surface area contributed by atoms with Crippen molar-refractivity contribution in [3.8, 4) is 11.4 Å². The quantitative estimate of drug-likeness (QED) is 0.359. The molecule has 1 N–H and O–H groups in total. The van der Waals surface area contributed by atoms with Crippen LogP contribution in [0.4, 0.5) is 11.5 Å². The van der Waals surface area contributed by atoms with Gasteiger partial charge in [-0.3, -0.25) is 14.5 Å². The van der Waals surface area contributed by atoms with Gasteiger partial charge in [0.05, 0.1) is 11.6 Å². The molecule has 0 amide bonds. The van der Waals surface area contributed by atoms with Crippen LogP contribution < -0.4 is 5.32 Å². The highest BCUT2D eigenvalue weighted by molar-refractivity contribution is 5.98. The first-order valence-corrected chi connectivity index (χ1v) is 11.0. The molecule has 0 radical (unpaired) electrons. The van der Waals surface area contributed by atoms with Crippen molar-refractivity contribution in [2.24, 2.45) is 7.05 Å². The number of aromatic nitrogens is 5. The molecule has 0 spiro atoms. The highest BCUT2D eigenvalue weighted by Crippen LogP contribution is 2.29. The van der Waals surface area contributed by atoms with Gasteiger partial charge in [-0.05, 0) is 49.2 Å². The van der Waals surface area contributed by atoms with E-state index in [4.69, 9.17) is 9.97 Å². The van der Waals surface area contributed by atoms with Crippen LogP contribution in [0.3, 0.4) is 0 Å². The summed E-state index contributed by atoms with van der Waals surface area (Å²) in [4.78, 5) is 26.5. The van der Waals surface area contributed by atoms with Crippen LogP contribution in [0.5, 0.6) is 0 Å². The third-order valence-electron chi connectivity index (χ3n) is 5.77. The van der Waals surface area contributed by atoms with Crippen molar-refractivity contribution in [1.82, 2.24) is 24.7 Å². The minimum absolute atomic E-state index is 0.0917. The molecule has 0 unspecified atom stereocenters. The SMILES string of the molecule is Cc1cccc(C(=O)Cc2ccc(C)c(Nc3nc(-c4cccnc4)nc4c3cnn4C)c2)c1. The summed E-state index contributed by atoms with van der Waals surface area (Å²) in [5.74, 6) is 1.31. The number of fused-ring (bicyclic) bond motifs is 1. The molecule has 0 saturated carbocycles. The number of carbonyl (C=O) groups is 1. The number of hydrogen-bond donors (Lipinski definition) is 1. The fourth-order valence-electron chi connectivity index (χ4n) is 3.89. The maximum Gasteiger partial charge on any atom is 0.167 e. The maximum atomic E-state index is 12.8. The molecular formula is C27H24N6O. The predicted molar refractivity (Wildman–Crippen MR) is 133 cm³/mol. The zero-order valence-electron chi connectivity index (χ0n) is 19.3. The van der Waals surface area contributed by atoms with Gasteiger partial charge in [0, 0.05) is 42.7 Å². The molecule has 34 heavy (non-hydrogen) atoms. The van der Waals surface area contributed by atoms with E-state index >= 15 is 0 Å². The van der Waals surface area contributed by atoms with E-state index < -0.39 is 0 Å². The molecule has 0 bridgehead atoms. The van der Waals surface area contributed by atoms with Gasteiger partial charge in [-0.15, -0.1) is 0 Å². The van der Waals surface area contributed by atoms with Crippen LogP contribution in [-0.4, -0.2) is 30.5 Å². The van der Waals surface area contributed by atoms with Crippen molar-refractivity contribution in [2.45, 2.75) is 20.3 Å². The van der Waals surface area contributed by atoms with Gasteiger partial charge >= 0.3 is 0 Å². The first-order valence-electron chi connectivity index (χ1n) is 11.0. The first kappa shape index (κ1) is 21.5. The Kier molecular flexibility index (Phi) is 5.59. The van der Waals surface area contributed by atoms with E-state index in [1.165, 1.54) is 0 Å². The molecule has 0 aliphatic rings. The summed E-state index contributed by atoms with van der Waals surface area (Å²) < 4.78 is 1.73. The highest BCUT2D eigenvalue weighted by Gasteiger charge is 2.15. The van der Waals surface area contributed by atoms with Crippen LogP contribution in [0.25, 0.3) is 22.4 Å². The number of nitrogens with zero attached hydrogens (tertiary/aromatic N) is 5. The lowest BCUT2D eigenvalue weighted by atomic mass is 10.00. The number of rotatable bonds is 6. The average molecular weight is 449 g/mol. The number of pyridine rings is 1. The van der Waals surface area contributed by atoms with Gasteiger partial charge in [0.1, 0.15) is 5.82 Å². The van der Waals surface area contributed by atoms with E-state index in [0.717, 1.165) is 44.5 Å². The number of aryl methyl sites for hydroxylation is 3. The lowest BCUT2D eigenvalue weighted by Gasteiger charge is -2.13. The molecule has 168 valence electrons. The molecule has 7 heteroatoms. The van der Waals surface area contributed by atoms with E-state index in [1.54, 1.807) is 23.3 Å². The van der Waals surface area contributed by atoms with Gasteiger partial charge in [0.15, 0.2) is 17.3 Å². The number of anilines is 2. The Hall–Kier alpha value is -4.39. The molecule has 3 aromatic heterocycles. The second-order valence-electron chi connectivity index (χ2n) is 8.39. The van der Waals surface area contributed by atoms with Gasteiger partial charge < -0.3 is 5.32 Å². The van der Waals surface area contributed by atoms with Gasteiger partial charge in [0.2, 0.25) is 0 Å². The fraction of sp³-hybridized carbons (Fsp3) is 0.148. The van der Waals surface area contributed by atoms with E-state index in [-0.39, 0.29) is 5.78 Å². The lowest BCUT2D eigenvalue weighted by molar-refractivity contribution is 0.0993. The highest BCUT2D eigenvalue weighted by atomic mass is 16.1. The van der Waals surface area contributed by atoms with Crippen LogP contribution in [0, 0.1) is 13.8 Å². The topological polar surface area (TPSA) is 85.6 Å². The van der Waals surface area contributed by atoms with E-state index in [9.17, 15) is 4.79 Å². The van der Waals surface area contributed by atoms with Gasteiger partial charge in [-0.2, -0.15) is 5.10 Å². The monoisotopic (exact) mass is 448 g/mol. The normalized spacial score (nSPS) is 11.0. The van der Waals surface area contributed by atoms with E-state index in [1.807, 2.05) is 75.5 Å². The van der Waals surface area contributed by atoms with Crippen molar-refractivity contribution < 1.29 is 4.79 Å². The summed E-state index contributed by atoms with van der Waals surface area (Å²) >= 11 is 0. The van der Waals surface area contributed by atoms with Gasteiger partial charge in [-0.25, -0.2) is 9.97 Å². The van der Waals surface area contributed by atoms with Crippen LogP contribution in [-0.2, 0) is 13.5 Å². The molecule has 2 aromatic carbocycles.